The Morgan fingerprint density at radius 2 is 2.23 bits per heavy atom. The van der Waals surface area contributed by atoms with Crippen molar-refractivity contribution in [3.8, 4) is 0 Å². The van der Waals surface area contributed by atoms with E-state index in [9.17, 15) is 0 Å². The molecular weight excluding hydrogens is 247 g/mol. The van der Waals surface area contributed by atoms with Gasteiger partial charge in [0.2, 0.25) is 0 Å². The number of allylic oxidation sites excluding steroid dienone is 1. The summed E-state index contributed by atoms with van der Waals surface area (Å²) in [5.74, 6) is 0. The number of hydrogen-bond acceptors (Lipinski definition) is 0. The summed E-state index contributed by atoms with van der Waals surface area (Å²) < 4.78 is 0. The second kappa shape index (κ2) is 5.46. The molecule has 0 bridgehead atoms. The van der Waals surface area contributed by atoms with Crippen LogP contribution in [0.2, 0.25) is 5.02 Å². The molecule has 0 saturated heterocycles. The molecule has 0 heterocycles. The van der Waals surface area contributed by atoms with Crippen molar-refractivity contribution >= 4 is 33.6 Å². The summed E-state index contributed by atoms with van der Waals surface area (Å²) in [6.07, 6.45) is 5.31. The Hall–Kier alpha value is -0.270. The van der Waals surface area contributed by atoms with E-state index in [1.807, 2.05) is 18.2 Å². The number of alkyl halides is 1. The van der Waals surface area contributed by atoms with Gasteiger partial charge in [-0.2, -0.15) is 0 Å². The van der Waals surface area contributed by atoms with Crippen molar-refractivity contribution < 1.29 is 0 Å². The molecule has 0 amide bonds. The van der Waals surface area contributed by atoms with Crippen LogP contribution in [0.5, 0.6) is 0 Å². The molecule has 1 aromatic carbocycles. The topological polar surface area (TPSA) is 0 Å². The smallest absolute Gasteiger partial charge is 0.0412 e. The maximum Gasteiger partial charge on any atom is 0.0412 e. The third kappa shape index (κ3) is 3.53. The lowest BCUT2D eigenvalue weighted by Crippen LogP contribution is -1.79. The highest BCUT2D eigenvalue weighted by atomic mass is 79.9. The van der Waals surface area contributed by atoms with Crippen LogP contribution in [0.1, 0.15) is 17.5 Å². The van der Waals surface area contributed by atoms with Crippen molar-refractivity contribution in [2.75, 3.05) is 5.33 Å². The molecule has 70 valence electrons. The fraction of sp³-hybridized carbons (Fsp3) is 0.273. The van der Waals surface area contributed by atoms with Gasteiger partial charge in [-0.1, -0.05) is 45.7 Å². The van der Waals surface area contributed by atoms with Crippen LogP contribution in [0, 0.1) is 6.92 Å². The fourth-order valence-electron chi connectivity index (χ4n) is 1.06. The van der Waals surface area contributed by atoms with E-state index >= 15 is 0 Å². The summed E-state index contributed by atoms with van der Waals surface area (Å²) in [5, 5.41) is 1.80. The molecule has 1 rings (SSSR count). The largest absolute Gasteiger partial charge is 0.0925 e. The van der Waals surface area contributed by atoms with E-state index in [2.05, 4.69) is 35.0 Å². The first-order valence-corrected chi connectivity index (χ1v) is 5.72. The lowest BCUT2D eigenvalue weighted by Gasteiger charge is -1.99. The van der Waals surface area contributed by atoms with Gasteiger partial charge < -0.3 is 0 Å². The molecule has 0 radical (unpaired) electrons. The lowest BCUT2D eigenvalue weighted by atomic mass is 10.1. The van der Waals surface area contributed by atoms with E-state index in [1.54, 1.807) is 0 Å². The van der Waals surface area contributed by atoms with Crippen molar-refractivity contribution in [3.05, 3.63) is 40.4 Å². The molecule has 0 saturated carbocycles. The molecule has 1 aromatic rings. The Kier molecular flexibility index (Phi) is 4.54. The van der Waals surface area contributed by atoms with E-state index < -0.39 is 0 Å². The molecule has 0 spiro atoms. The number of benzene rings is 1. The lowest BCUT2D eigenvalue weighted by molar-refractivity contribution is 1.27. The summed E-state index contributed by atoms with van der Waals surface area (Å²) in [5.41, 5.74) is 2.46. The summed E-state index contributed by atoms with van der Waals surface area (Å²) >= 11 is 9.27. The zero-order chi connectivity index (χ0) is 9.68. The van der Waals surface area contributed by atoms with Crippen LogP contribution in [-0.2, 0) is 0 Å². The molecule has 13 heavy (non-hydrogen) atoms. The molecular formula is C11H12BrCl. The average Bonchev–Trinajstić information content (AvgIpc) is 2.11. The predicted octanol–water partition coefficient (Wildman–Crippen LogP) is 4.45. The molecule has 0 unspecified atom stereocenters. The molecule has 0 aliphatic rings. The van der Waals surface area contributed by atoms with E-state index in [1.165, 1.54) is 11.1 Å². The maximum absolute atomic E-state index is 5.89. The van der Waals surface area contributed by atoms with Crippen LogP contribution in [-0.4, -0.2) is 5.33 Å². The van der Waals surface area contributed by atoms with Gasteiger partial charge in [0.15, 0.2) is 0 Å². The molecule has 2 heteroatoms. The van der Waals surface area contributed by atoms with Crippen LogP contribution >= 0.6 is 27.5 Å². The Labute approximate surface area is 92.7 Å². The van der Waals surface area contributed by atoms with Crippen LogP contribution in [0.15, 0.2) is 24.3 Å². The molecule has 0 aromatic heterocycles. The first-order valence-electron chi connectivity index (χ1n) is 4.22. The van der Waals surface area contributed by atoms with Crippen molar-refractivity contribution in [2.24, 2.45) is 0 Å². The minimum atomic E-state index is 0.795. The maximum atomic E-state index is 5.89. The van der Waals surface area contributed by atoms with Gasteiger partial charge in [0, 0.05) is 10.4 Å². The monoisotopic (exact) mass is 258 g/mol. The van der Waals surface area contributed by atoms with Gasteiger partial charge >= 0.3 is 0 Å². The quantitative estimate of drug-likeness (QED) is 0.704. The van der Waals surface area contributed by atoms with Gasteiger partial charge in [0.25, 0.3) is 0 Å². The standard InChI is InChI=1S/C11H12BrCl/c1-9-5-6-11(13)8-10(9)4-2-3-7-12/h2,4-6,8H,3,7H2,1H3. The van der Waals surface area contributed by atoms with Gasteiger partial charge in [-0.25, -0.2) is 0 Å². The van der Waals surface area contributed by atoms with Gasteiger partial charge in [0.1, 0.15) is 0 Å². The highest BCUT2D eigenvalue weighted by Crippen LogP contribution is 2.16. The summed E-state index contributed by atoms with van der Waals surface area (Å²) in [4.78, 5) is 0. The number of halogens is 2. The van der Waals surface area contributed by atoms with Crippen LogP contribution in [0.4, 0.5) is 0 Å². The van der Waals surface area contributed by atoms with Crippen molar-refractivity contribution in [1.29, 1.82) is 0 Å². The van der Waals surface area contributed by atoms with E-state index in [4.69, 9.17) is 11.6 Å². The summed E-state index contributed by atoms with van der Waals surface area (Å²) in [7, 11) is 0. The third-order valence-corrected chi connectivity index (χ3v) is 2.51. The first-order chi connectivity index (χ1) is 6.24. The second-order valence-electron chi connectivity index (χ2n) is 2.88. The predicted molar refractivity (Wildman–Crippen MR) is 63.6 cm³/mol. The van der Waals surface area contributed by atoms with Gasteiger partial charge in [0.05, 0.1) is 0 Å². The molecule has 0 atom stereocenters. The van der Waals surface area contributed by atoms with Crippen LogP contribution < -0.4 is 0 Å². The number of aryl methyl sites for hydroxylation is 1. The fourth-order valence-corrected chi connectivity index (χ4v) is 1.51. The second-order valence-corrected chi connectivity index (χ2v) is 4.11. The number of hydrogen-bond donors (Lipinski definition) is 0. The van der Waals surface area contributed by atoms with E-state index in [-0.39, 0.29) is 0 Å². The average molecular weight is 260 g/mol. The highest BCUT2D eigenvalue weighted by Gasteiger charge is 1.94. The molecule has 0 fully saturated rings. The minimum Gasteiger partial charge on any atom is -0.0925 e. The molecule has 0 nitrogen and oxygen atoms in total. The van der Waals surface area contributed by atoms with Gasteiger partial charge in [-0.3, -0.25) is 0 Å². The normalized spacial score (nSPS) is 11.0. The highest BCUT2D eigenvalue weighted by molar-refractivity contribution is 9.09. The van der Waals surface area contributed by atoms with Crippen molar-refractivity contribution in [1.82, 2.24) is 0 Å². The van der Waals surface area contributed by atoms with E-state index in [0.29, 0.717) is 0 Å². The Morgan fingerprint density at radius 3 is 2.92 bits per heavy atom. The number of rotatable bonds is 3. The first kappa shape index (κ1) is 10.8. The van der Waals surface area contributed by atoms with Crippen molar-refractivity contribution in [3.63, 3.8) is 0 Å². The molecule has 0 N–H and O–H groups in total. The summed E-state index contributed by atoms with van der Waals surface area (Å²) in [6, 6.07) is 5.94. The SMILES string of the molecule is Cc1ccc(Cl)cc1C=CCCBr. The zero-order valence-corrected chi connectivity index (χ0v) is 9.90. The molecule has 0 aliphatic heterocycles. The van der Waals surface area contributed by atoms with Crippen LogP contribution in [0.25, 0.3) is 6.08 Å². The Morgan fingerprint density at radius 1 is 1.46 bits per heavy atom. The summed E-state index contributed by atoms with van der Waals surface area (Å²) in [6.45, 7) is 2.09. The molecule has 0 aliphatic carbocycles. The van der Waals surface area contributed by atoms with Gasteiger partial charge in [-0.05, 0) is 36.6 Å². The van der Waals surface area contributed by atoms with Gasteiger partial charge in [-0.15, -0.1) is 0 Å². The van der Waals surface area contributed by atoms with Crippen LogP contribution in [0.3, 0.4) is 0 Å². The zero-order valence-electron chi connectivity index (χ0n) is 7.56. The minimum absolute atomic E-state index is 0.795. The Bertz CT molecular complexity index is 305. The van der Waals surface area contributed by atoms with Crippen molar-refractivity contribution in [2.45, 2.75) is 13.3 Å². The third-order valence-electron chi connectivity index (χ3n) is 1.81. The Balaban J connectivity index is 2.81. The van der Waals surface area contributed by atoms with E-state index in [0.717, 1.165) is 16.8 Å².